The smallest absolute Gasteiger partial charge is 0.321 e. The zero-order valence-electron chi connectivity index (χ0n) is 18.6. The lowest BCUT2D eigenvalue weighted by Gasteiger charge is -2.37. The molecule has 2 atom stereocenters. The topological polar surface area (TPSA) is 81.5 Å². The third-order valence-corrected chi connectivity index (χ3v) is 6.02. The van der Waals surface area contributed by atoms with Gasteiger partial charge in [0.1, 0.15) is 0 Å². The second-order valence-electron chi connectivity index (χ2n) is 8.07. The van der Waals surface area contributed by atoms with Crippen LogP contribution in [0.3, 0.4) is 0 Å². The molecule has 4 aromatic rings. The number of aromatic nitrogens is 2. The summed E-state index contributed by atoms with van der Waals surface area (Å²) in [4.78, 5) is 46.1. The molecule has 0 fully saturated rings. The number of hydrogen-bond donors (Lipinski definition) is 0. The Labute approximate surface area is 196 Å². The van der Waals surface area contributed by atoms with Gasteiger partial charge >= 0.3 is 5.97 Å². The van der Waals surface area contributed by atoms with Crippen molar-refractivity contribution >= 4 is 34.6 Å². The van der Waals surface area contributed by atoms with Gasteiger partial charge in [0.05, 0.1) is 30.2 Å². The van der Waals surface area contributed by atoms with E-state index >= 15 is 0 Å². The number of amides is 1. The van der Waals surface area contributed by atoms with Crippen molar-refractivity contribution in [3.8, 4) is 0 Å². The summed E-state index contributed by atoms with van der Waals surface area (Å²) < 4.78 is 7.22. The second-order valence-corrected chi connectivity index (χ2v) is 8.07. The molecule has 0 spiro atoms. The predicted octanol–water partition coefficient (Wildman–Crippen LogP) is 4.03. The molecule has 1 aliphatic heterocycles. The predicted molar refractivity (Wildman–Crippen MR) is 128 cm³/mol. The number of Topliss-reactive ketones (excluding diaryl/α,β-unsaturated/α-hetero) is 1. The summed E-state index contributed by atoms with van der Waals surface area (Å²) in [5.74, 6) is -2.18. The fourth-order valence-corrected chi connectivity index (χ4v) is 4.51. The third-order valence-electron chi connectivity index (χ3n) is 6.02. The Morgan fingerprint density at radius 1 is 0.912 bits per heavy atom. The summed E-state index contributed by atoms with van der Waals surface area (Å²) in [6.07, 6.45) is 0. The Kier molecular flexibility index (Phi) is 5.67. The lowest BCUT2D eigenvalue weighted by Crippen LogP contribution is -2.51. The van der Waals surface area contributed by atoms with Crippen molar-refractivity contribution < 1.29 is 19.1 Å². The number of para-hydroxylation sites is 2. The number of ketones is 1. The number of anilines is 1. The van der Waals surface area contributed by atoms with Gasteiger partial charge in [-0.3, -0.25) is 19.3 Å². The van der Waals surface area contributed by atoms with Crippen LogP contribution in [0.4, 0.5) is 5.95 Å². The molecule has 0 N–H and O–H groups in total. The number of esters is 1. The molecule has 0 saturated heterocycles. The highest BCUT2D eigenvalue weighted by molar-refractivity contribution is 6.12. The summed E-state index contributed by atoms with van der Waals surface area (Å²) in [5, 5.41) is 0. The van der Waals surface area contributed by atoms with Gasteiger partial charge in [-0.15, -0.1) is 0 Å². The van der Waals surface area contributed by atoms with Crippen LogP contribution >= 0.6 is 0 Å². The molecule has 0 bridgehead atoms. The first-order chi connectivity index (χ1) is 16.6. The Bertz CT molecular complexity index is 1360. The largest absolute Gasteiger partial charge is 0.465 e. The number of fused-ring (bicyclic) bond motifs is 3. The van der Waals surface area contributed by atoms with E-state index in [1.54, 1.807) is 31.2 Å². The lowest BCUT2D eigenvalue weighted by atomic mass is 9.89. The number of carbonyl (C=O) groups excluding carboxylic acids is 3. The van der Waals surface area contributed by atoms with Crippen LogP contribution in [-0.4, -0.2) is 40.4 Å². The monoisotopic (exact) mass is 453 g/mol. The maximum Gasteiger partial charge on any atom is 0.321 e. The Morgan fingerprint density at radius 2 is 1.56 bits per heavy atom. The number of nitrogens with zero attached hydrogens (tertiary/aromatic N) is 3. The van der Waals surface area contributed by atoms with E-state index in [2.05, 4.69) is 0 Å². The summed E-state index contributed by atoms with van der Waals surface area (Å²) in [6, 6.07) is 25.0. The number of carbonyl (C=O) groups is 3. The minimum atomic E-state index is -1.16. The van der Waals surface area contributed by atoms with Crippen molar-refractivity contribution in [3.05, 3.63) is 96.1 Å². The number of imidazole rings is 1. The van der Waals surface area contributed by atoms with Gasteiger partial charge in [-0.25, -0.2) is 4.98 Å². The van der Waals surface area contributed by atoms with Gasteiger partial charge in [-0.05, 0) is 24.6 Å². The minimum absolute atomic E-state index is 0.143. The molecule has 7 heteroatoms. The molecular weight excluding hydrogens is 430 g/mol. The fourth-order valence-electron chi connectivity index (χ4n) is 4.51. The molecule has 34 heavy (non-hydrogen) atoms. The van der Waals surface area contributed by atoms with Crippen molar-refractivity contribution in [2.45, 2.75) is 13.0 Å². The quantitative estimate of drug-likeness (QED) is 0.250. The van der Waals surface area contributed by atoms with Crippen molar-refractivity contribution in [2.24, 2.45) is 5.92 Å². The van der Waals surface area contributed by atoms with Gasteiger partial charge in [0.2, 0.25) is 11.9 Å². The molecule has 1 aliphatic rings. The molecule has 0 unspecified atom stereocenters. The third kappa shape index (κ3) is 3.65. The van der Waals surface area contributed by atoms with Crippen LogP contribution in [0.5, 0.6) is 0 Å². The molecule has 170 valence electrons. The molecule has 2 heterocycles. The average Bonchev–Trinajstić information content (AvgIpc) is 3.25. The van der Waals surface area contributed by atoms with E-state index in [1.165, 1.54) is 4.90 Å². The normalized spacial score (nSPS) is 17.4. The van der Waals surface area contributed by atoms with Gasteiger partial charge in [-0.1, -0.05) is 72.8 Å². The first-order valence-electron chi connectivity index (χ1n) is 11.2. The minimum Gasteiger partial charge on any atom is -0.465 e. The van der Waals surface area contributed by atoms with Crippen LogP contribution < -0.4 is 4.90 Å². The maximum absolute atomic E-state index is 13.9. The number of hydrogen-bond acceptors (Lipinski definition) is 5. The zero-order chi connectivity index (χ0) is 23.7. The van der Waals surface area contributed by atoms with Gasteiger partial charge < -0.3 is 9.30 Å². The number of benzene rings is 3. The van der Waals surface area contributed by atoms with E-state index in [9.17, 15) is 14.4 Å². The molecule has 0 aliphatic carbocycles. The van der Waals surface area contributed by atoms with Crippen LogP contribution in [0.15, 0.2) is 84.9 Å². The Morgan fingerprint density at radius 3 is 2.26 bits per heavy atom. The molecule has 1 aromatic heterocycles. The van der Waals surface area contributed by atoms with Crippen LogP contribution in [0.2, 0.25) is 0 Å². The van der Waals surface area contributed by atoms with Gasteiger partial charge in [0.15, 0.2) is 11.7 Å². The zero-order valence-corrected chi connectivity index (χ0v) is 18.6. The van der Waals surface area contributed by atoms with Crippen molar-refractivity contribution in [1.29, 1.82) is 0 Å². The molecule has 3 aromatic carbocycles. The highest BCUT2D eigenvalue weighted by Crippen LogP contribution is 2.41. The molecule has 5 rings (SSSR count). The SMILES string of the molecule is CCOC(=O)[C@H]1C(=O)N(CC(=O)c2ccccc2)c2nc3ccccc3n2[C@@H]1c1ccccc1. The Balaban J connectivity index is 1.70. The van der Waals surface area contributed by atoms with E-state index in [-0.39, 0.29) is 18.9 Å². The van der Waals surface area contributed by atoms with E-state index in [1.807, 2.05) is 65.2 Å². The van der Waals surface area contributed by atoms with Crippen molar-refractivity contribution in [1.82, 2.24) is 9.55 Å². The molecule has 7 nitrogen and oxygen atoms in total. The van der Waals surface area contributed by atoms with E-state index in [0.29, 0.717) is 17.0 Å². The second kappa shape index (κ2) is 8.94. The molecule has 0 radical (unpaired) electrons. The summed E-state index contributed by atoms with van der Waals surface area (Å²) in [6.45, 7) is 1.62. The van der Waals surface area contributed by atoms with Crippen LogP contribution in [-0.2, 0) is 14.3 Å². The molecule has 0 saturated carbocycles. The Hall–Kier alpha value is -4.26. The average molecular weight is 453 g/mol. The van der Waals surface area contributed by atoms with Crippen molar-refractivity contribution in [3.63, 3.8) is 0 Å². The van der Waals surface area contributed by atoms with Crippen LogP contribution in [0.25, 0.3) is 11.0 Å². The number of rotatable bonds is 6. The van der Waals surface area contributed by atoms with E-state index in [0.717, 1.165) is 11.1 Å². The van der Waals surface area contributed by atoms with Crippen LogP contribution in [0.1, 0.15) is 28.9 Å². The summed E-state index contributed by atoms with van der Waals surface area (Å²) >= 11 is 0. The van der Waals surface area contributed by atoms with E-state index in [4.69, 9.17) is 9.72 Å². The highest BCUT2D eigenvalue weighted by atomic mass is 16.5. The van der Waals surface area contributed by atoms with Gasteiger partial charge in [0, 0.05) is 5.56 Å². The summed E-state index contributed by atoms with van der Waals surface area (Å²) in [7, 11) is 0. The first kappa shape index (κ1) is 21.6. The molecular formula is C27H23N3O4. The van der Waals surface area contributed by atoms with Crippen molar-refractivity contribution in [2.75, 3.05) is 18.1 Å². The summed E-state index contributed by atoms with van der Waals surface area (Å²) in [5.41, 5.74) is 2.71. The van der Waals surface area contributed by atoms with Crippen LogP contribution in [0, 0.1) is 5.92 Å². The van der Waals surface area contributed by atoms with Gasteiger partial charge in [0.25, 0.3) is 0 Å². The van der Waals surface area contributed by atoms with E-state index < -0.39 is 23.8 Å². The first-order valence-corrected chi connectivity index (χ1v) is 11.2. The van der Waals surface area contributed by atoms with Gasteiger partial charge in [-0.2, -0.15) is 0 Å². The standard InChI is InChI=1S/C27H23N3O4/c1-2-34-26(33)23-24(19-13-7-4-8-14-19)30-21-16-10-9-15-20(21)28-27(30)29(25(23)32)17-22(31)18-11-5-3-6-12-18/h3-16,23-24H,2,17H2,1H3/t23-,24-/m1/s1. The lowest BCUT2D eigenvalue weighted by molar-refractivity contribution is -0.153. The maximum atomic E-state index is 13.9. The highest BCUT2D eigenvalue weighted by Gasteiger charge is 2.48. The molecule has 1 amide bonds. The number of ether oxygens (including phenoxy) is 1. The fraction of sp³-hybridized carbons (Fsp3) is 0.185.